The van der Waals surface area contributed by atoms with Crippen molar-refractivity contribution in [2.45, 2.75) is 37.2 Å². The summed E-state index contributed by atoms with van der Waals surface area (Å²) in [5.74, 6) is -1.53. The molecule has 0 aromatic heterocycles. The van der Waals surface area contributed by atoms with E-state index >= 15 is 0 Å². The van der Waals surface area contributed by atoms with Crippen LogP contribution in [0.1, 0.15) is 26.2 Å². The average Bonchev–Trinajstić information content (AvgIpc) is 2.61. The first kappa shape index (κ1) is 14.3. The van der Waals surface area contributed by atoms with Crippen LogP contribution in [0.15, 0.2) is 0 Å². The number of cyclic esters (lactones) is 1. The van der Waals surface area contributed by atoms with Gasteiger partial charge >= 0.3 is 11.9 Å². The highest BCUT2D eigenvalue weighted by molar-refractivity contribution is 6.45. The number of halogens is 1. The van der Waals surface area contributed by atoms with E-state index in [1.165, 1.54) is 7.11 Å². The van der Waals surface area contributed by atoms with Crippen molar-refractivity contribution < 1.29 is 23.8 Å². The second kappa shape index (κ2) is 6.21. The molecule has 0 aromatic carbocycles. The Bertz CT molecular complexity index is 294. The highest BCUT2D eigenvalue weighted by Crippen LogP contribution is 2.33. The van der Waals surface area contributed by atoms with E-state index in [9.17, 15) is 9.59 Å². The van der Waals surface area contributed by atoms with Gasteiger partial charge in [-0.1, -0.05) is 24.9 Å². The summed E-state index contributed by atoms with van der Waals surface area (Å²) in [6.07, 6.45) is 1.60. The molecule has 1 heterocycles. The number of ether oxygens (including phenoxy) is 3. The Morgan fingerprint density at radius 2 is 2.35 bits per heavy atom. The summed E-state index contributed by atoms with van der Waals surface area (Å²) >= 11 is 5.90. The van der Waals surface area contributed by atoms with Gasteiger partial charge in [-0.15, -0.1) is 0 Å². The van der Waals surface area contributed by atoms with Gasteiger partial charge in [-0.05, 0) is 6.42 Å². The number of methoxy groups -OCH3 is 1. The van der Waals surface area contributed by atoms with Crippen molar-refractivity contribution in [2.24, 2.45) is 0 Å². The molecule has 1 aliphatic heterocycles. The van der Waals surface area contributed by atoms with Crippen LogP contribution < -0.4 is 0 Å². The van der Waals surface area contributed by atoms with E-state index in [2.05, 4.69) is 11.7 Å². The molecule has 2 unspecified atom stereocenters. The van der Waals surface area contributed by atoms with Crippen LogP contribution in [0.4, 0.5) is 0 Å². The molecule has 5 nitrogen and oxygen atoms in total. The van der Waals surface area contributed by atoms with Crippen LogP contribution in [0, 0.1) is 0 Å². The van der Waals surface area contributed by atoms with E-state index < -0.39 is 22.9 Å². The molecule has 0 N–H and O–H groups in total. The van der Waals surface area contributed by atoms with Gasteiger partial charge in [0.1, 0.15) is 6.10 Å². The Morgan fingerprint density at radius 1 is 1.65 bits per heavy atom. The van der Waals surface area contributed by atoms with Crippen LogP contribution in [0.25, 0.3) is 0 Å². The Balaban J connectivity index is 2.43. The lowest BCUT2D eigenvalue weighted by atomic mass is 10.0. The van der Waals surface area contributed by atoms with Crippen LogP contribution in [-0.2, 0) is 23.8 Å². The number of carbonyl (C=O) groups excluding carboxylic acids is 2. The number of unbranched alkanes of at least 4 members (excludes halogenated alkanes) is 1. The van der Waals surface area contributed by atoms with Gasteiger partial charge in [0, 0.05) is 13.0 Å². The largest absolute Gasteiger partial charge is 0.467 e. The topological polar surface area (TPSA) is 61.8 Å². The van der Waals surface area contributed by atoms with Gasteiger partial charge in [-0.2, -0.15) is 0 Å². The number of hydrogen-bond acceptors (Lipinski definition) is 5. The van der Waals surface area contributed by atoms with Crippen molar-refractivity contribution in [1.29, 1.82) is 0 Å². The molecule has 1 fully saturated rings. The molecule has 0 amide bonds. The first-order valence-corrected chi connectivity index (χ1v) is 5.98. The predicted octanol–water partition coefficient (Wildman–Crippen LogP) is 1.27. The van der Waals surface area contributed by atoms with E-state index in [0.29, 0.717) is 6.61 Å². The summed E-state index contributed by atoms with van der Waals surface area (Å²) in [5.41, 5.74) is 0. The second-order valence-corrected chi connectivity index (χ2v) is 4.60. The minimum Gasteiger partial charge on any atom is -0.467 e. The molecule has 6 heteroatoms. The molecular formula is C11H17ClO5. The van der Waals surface area contributed by atoms with Gasteiger partial charge < -0.3 is 14.2 Å². The maximum atomic E-state index is 11.5. The van der Waals surface area contributed by atoms with Gasteiger partial charge in [-0.25, -0.2) is 9.59 Å². The molecule has 0 aliphatic carbocycles. The van der Waals surface area contributed by atoms with E-state index in [0.717, 1.165) is 12.8 Å². The summed E-state index contributed by atoms with van der Waals surface area (Å²) in [7, 11) is 1.19. The lowest BCUT2D eigenvalue weighted by Crippen LogP contribution is -2.38. The molecule has 2 atom stereocenters. The molecule has 1 aliphatic rings. The lowest BCUT2D eigenvalue weighted by Gasteiger charge is -2.12. The van der Waals surface area contributed by atoms with E-state index in [1.807, 2.05) is 0 Å². The second-order valence-electron chi connectivity index (χ2n) is 3.95. The highest BCUT2D eigenvalue weighted by Gasteiger charge is 2.55. The first-order valence-electron chi connectivity index (χ1n) is 5.60. The molecule has 1 saturated heterocycles. The zero-order chi connectivity index (χ0) is 12.9. The number of hydrogen-bond donors (Lipinski definition) is 0. The van der Waals surface area contributed by atoms with Crippen molar-refractivity contribution in [2.75, 3.05) is 20.3 Å². The highest BCUT2D eigenvalue weighted by atomic mass is 35.5. The quantitative estimate of drug-likeness (QED) is 0.313. The van der Waals surface area contributed by atoms with Gasteiger partial charge in [0.15, 0.2) is 0 Å². The van der Waals surface area contributed by atoms with Crippen molar-refractivity contribution in [3.8, 4) is 0 Å². The predicted molar refractivity (Wildman–Crippen MR) is 60.8 cm³/mol. The summed E-state index contributed by atoms with van der Waals surface area (Å²) in [5, 5.41) is 0. The minimum atomic E-state index is -1.70. The van der Waals surface area contributed by atoms with Gasteiger partial charge in [0.25, 0.3) is 0 Å². The molecule has 0 spiro atoms. The third-order valence-corrected chi connectivity index (χ3v) is 3.02. The summed E-state index contributed by atoms with van der Waals surface area (Å²) < 4.78 is 14.8. The fourth-order valence-electron chi connectivity index (χ4n) is 1.57. The SMILES string of the molecule is CCCCOCC1CC(Cl)(C(=O)OC)C(=O)O1. The minimum absolute atomic E-state index is 0.0895. The van der Waals surface area contributed by atoms with E-state index in [-0.39, 0.29) is 13.0 Å². The molecule has 0 aromatic rings. The van der Waals surface area contributed by atoms with Crippen molar-refractivity contribution >= 4 is 23.5 Å². The Labute approximate surface area is 105 Å². The van der Waals surface area contributed by atoms with E-state index in [1.54, 1.807) is 0 Å². The summed E-state index contributed by atoms with van der Waals surface area (Å²) in [4.78, 5) is 21.2. The third-order valence-electron chi connectivity index (χ3n) is 2.56. The Morgan fingerprint density at radius 3 is 2.94 bits per heavy atom. The van der Waals surface area contributed by atoms with Crippen LogP contribution in [0.5, 0.6) is 0 Å². The molecule has 0 saturated carbocycles. The zero-order valence-corrected chi connectivity index (χ0v) is 10.8. The average molecular weight is 265 g/mol. The van der Waals surface area contributed by atoms with E-state index in [4.69, 9.17) is 21.1 Å². The van der Waals surface area contributed by atoms with Gasteiger partial charge in [0.05, 0.1) is 13.7 Å². The monoisotopic (exact) mass is 264 g/mol. The van der Waals surface area contributed by atoms with Crippen LogP contribution in [0.3, 0.4) is 0 Å². The zero-order valence-electron chi connectivity index (χ0n) is 10.0. The van der Waals surface area contributed by atoms with Crippen molar-refractivity contribution in [3.63, 3.8) is 0 Å². The van der Waals surface area contributed by atoms with Crippen LogP contribution >= 0.6 is 11.6 Å². The molecule has 98 valence electrons. The Kier molecular flexibility index (Phi) is 5.21. The van der Waals surface area contributed by atoms with Gasteiger partial charge in [0.2, 0.25) is 4.87 Å². The summed E-state index contributed by atoms with van der Waals surface area (Å²) in [6.45, 7) is 2.93. The van der Waals surface area contributed by atoms with Crippen LogP contribution in [0.2, 0.25) is 0 Å². The third kappa shape index (κ3) is 3.33. The standard InChI is InChI=1S/C11H17ClO5/c1-3-4-5-16-7-8-6-11(12,9(13)15-2)10(14)17-8/h8H,3-7H2,1-2H3. The molecule has 1 rings (SSSR count). The fraction of sp³-hybridized carbons (Fsp3) is 0.818. The smallest absolute Gasteiger partial charge is 0.339 e. The normalized spacial score (nSPS) is 27.9. The van der Waals surface area contributed by atoms with Crippen LogP contribution in [-0.4, -0.2) is 43.2 Å². The maximum Gasteiger partial charge on any atom is 0.339 e. The van der Waals surface area contributed by atoms with Crippen molar-refractivity contribution in [3.05, 3.63) is 0 Å². The first-order chi connectivity index (χ1) is 8.04. The molecule has 17 heavy (non-hydrogen) atoms. The number of rotatable bonds is 6. The maximum absolute atomic E-state index is 11.5. The fourth-order valence-corrected chi connectivity index (χ4v) is 1.86. The lowest BCUT2D eigenvalue weighted by molar-refractivity contribution is -0.153. The molecule has 0 bridgehead atoms. The Hall–Kier alpha value is -0.810. The van der Waals surface area contributed by atoms with Crippen molar-refractivity contribution in [1.82, 2.24) is 0 Å². The summed E-state index contributed by atoms with van der Waals surface area (Å²) in [6, 6.07) is 0. The number of alkyl halides is 1. The number of carbonyl (C=O) groups is 2. The molecule has 0 radical (unpaired) electrons. The number of esters is 2. The van der Waals surface area contributed by atoms with Gasteiger partial charge in [-0.3, -0.25) is 0 Å². The molecular weight excluding hydrogens is 248 g/mol.